The Morgan fingerprint density at radius 3 is 2.57 bits per heavy atom. The highest BCUT2D eigenvalue weighted by atomic mass is 35.5. The van der Waals surface area contributed by atoms with E-state index in [-0.39, 0.29) is 28.0 Å². The fourth-order valence-electron chi connectivity index (χ4n) is 3.49. The number of halogens is 2. The zero-order valence-corrected chi connectivity index (χ0v) is 19.6. The van der Waals surface area contributed by atoms with Gasteiger partial charge in [-0.3, -0.25) is 4.79 Å². The molecule has 2 aromatic heterocycles. The molecule has 5 aromatic rings. The minimum Gasteiger partial charge on any atom is -0.378 e. The lowest BCUT2D eigenvalue weighted by molar-refractivity contribution is 0.0950. The van der Waals surface area contributed by atoms with Crippen molar-refractivity contribution in [1.29, 1.82) is 0 Å². The maximum Gasteiger partial charge on any atom is 0.294 e. The summed E-state index contributed by atoms with van der Waals surface area (Å²) in [6.45, 7) is 1.79. The molecule has 0 saturated heterocycles. The molecule has 0 bridgehead atoms. The summed E-state index contributed by atoms with van der Waals surface area (Å²) in [5.74, 6) is -0.575. The Labute approximate surface area is 208 Å². The van der Waals surface area contributed by atoms with E-state index in [9.17, 15) is 4.79 Å². The summed E-state index contributed by atoms with van der Waals surface area (Å²) < 4.78 is 5.91. The monoisotopic (exact) mass is 506 g/mol. The molecule has 0 aliphatic rings. The predicted molar refractivity (Wildman–Crippen MR) is 133 cm³/mol. The standard InChI is InChI=1S/C23H16Cl2N8O2/c1-12(14-7-6-13-4-2-3-5-15(13)10-14)27-29-23(34)19-20(16-8-9-17(24)18(25)11-16)33(32-28-19)22-21(26)30-35-31-22/h2-11H,1H3,(H2,26,30)(H,29,34)/b27-12-. The topological polar surface area (TPSA) is 137 Å². The molecule has 3 N–H and O–H groups in total. The Kier molecular flexibility index (Phi) is 5.89. The van der Waals surface area contributed by atoms with Gasteiger partial charge in [0, 0.05) is 5.56 Å². The Bertz CT molecular complexity index is 1610. The second-order valence-corrected chi connectivity index (χ2v) is 8.31. The van der Waals surface area contributed by atoms with E-state index in [0.29, 0.717) is 16.3 Å². The molecule has 0 fully saturated rings. The van der Waals surface area contributed by atoms with Crippen LogP contribution in [-0.2, 0) is 0 Å². The van der Waals surface area contributed by atoms with Gasteiger partial charge in [-0.05, 0) is 51.8 Å². The molecule has 12 heteroatoms. The van der Waals surface area contributed by atoms with Gasteiger partial charge in [0.1, 0.15) is 5.69 Å². The van der Waals surface area contributed by atoms with Crippen LogP contribution in [0.4, 0.5) is 5.82 Å². The average molecular weight is 507 g/mol. The Hall–Kier alpha value is -4.28. The van der Waals surface area contributed by atoms with Crippen molar-refractivity contribution >= 4 is 51.4 Å². The zero-order valence-electron chi connectivity index (χ0n) is 18.1. The van der Waals surface area contributed by atoms with Gasteiger partial charge in [-0.25, -0.2) is 10.1 Å². The number of anilines is 1. The molecule has 0 saturated carbocycles. The minimum absolute atomic E-state index is 0.0339. The summed E-state index contributed by atoms with van der Waals surface area (Å²) in [4.78, 5) is 13.1. The Morgan fingerprint density at radius 2 is 1.83 bits per heavy atom. The number of aromatic nitrogens is 5. The van der Waals surface area contributed by atoms with E-state index in [1.807, 2.05) is 42.5 Å². The maximum atomic E-state index is 13.1. The van der Waals surface area contributed by atoms with Crippen molar-refractivity contribution in [2.45, 2.75) is 6.92 Å². The van der Waals surface area contributed by atoms with Crippen LogP contribution in [0.1, 0.15) is 23.0 Å². The molecule has 0 unspecified atom stereocenters. The number of nitrogen functional groups attached to an aromatic ring is 1. The summed E-state index contributed by atoms with van der Waals surface area (Å²) >= 11 is 12.3. The van der Waals surface area contributed by atoms with Crippen LogP contribution in [0.3, 0.4) is 0 Å². The van der Waals surface area contributed by atoms with Gasteiger partial charge in [0.2, 0.25) is 11.6 Å². The third-order valence-electron chi connectivity index (χ3n) is 5.27. The molecule has 0 spiro atoms. The molecule has 0 atom stereocenters. The van der Waals surface area contributed by atoms with Crippen molar-refractivity contribution in [3.63, 3.8) is 0 Å². The van der Waals surface area contributed by atoms with Crippen LogP contribution in [0.5, 0.6) is 0 Å². The molecular formula is C23H16Cl2N8O2. The number of hydrazone groups is 1. The lowest BCUT2D eigenvalue weighted by Gasteiger charge is -2.08. The number of fused-ring (bicyclic) bond motifs is 1. The number of carbonyl (C=O) groups is 1. The van der Waals surface area contributed by atoms with Crippen molar-refractivity contribution in [3.05, 3.63) is 82.0 Å². The minimum atomic E-state index is -0.604. The van der Waals surface area contributed by atoms with E-state index in [1.54, 1.807) is 25.1 Å². The van der Waals surface area contributed by atoms with Gasteiger partial charge in [-0.1, -0.05) is 70.9 Å². The molecule has 174 valence electrons. The first-order chi connectivity index (χ1) is 16.9. The molecule has 0 aliphatic heterocycles. The van der Waals surface area contributed by atoms with E-state index < -0.39 is 5.91 Å². The van der Waals surface area contributed by atoms with Gasteiger partial charge < -0.3 is 5.73 Å². The van der Waals surface area contributed by atoms with Gasteiger partial charge in [-0.15, -0.1) is 5.10 Å². The number of amides is 1. The van der Waals surface area contributed by atoms with E-state index in [1.165, 1.54) is 4.68 Å². The number of hydrogen-bond acceptors (Lipinski definition) is 8. The summed E-state index contributed by atoms with van der Waals surface area (Å²) in [7, 11) is 0. The predicted octanol–water partition coefficient (Wildman–Crippen LogP) is 4.51. The Balaban J connectivity index is 1.51. The lowest BCUT2D eigenvalue weighted by Crippen LogP contribution is -2.21. The molecule has 1 amide bonds. The number of nitrogens with two attached hydrogens (primary N) is 1. The lowest BCUT2D eigenvalue weighted by atomic mass is 10.0. The first-order valence-corrected chi connectivity index (χ1v) is 11.0. The van der Waals surface area contributed by atoms with Crippen LogP contribution in [0.15, 0.2) is 70.4 Å². The van der Waals surface area contributed by atoms with Crippen LogP contribution in [0, 0.1) is 0 Å². The van der Waals surface area contributed by atoms with E-state index >= 15 is 0 Å². The van der Waals surface area contributed by atoms with Gasteiger partial charge >= 0.3 is 0 Å². The highest BCUT2D eigenvalue weighted by molar-refractivity contribution is 6.42. The average Bonchev–Trinajstić information content (AvgIpc) is 3.49. The maximum absolute atomic E-state index is 13.1. The Morgan fingerprint density at radius 1 is 1.03 bits per heavy atom. The summed E-state index contributed by atoms with van der Waals surface area (Å²) in [6.07, 6.45) is 0. The van der Waals surface area contributed by atoms with E-state index in [2.05, 4.69) is 35.8 Å². The normalized spacial score (nSPS) is 11.7. The van der Waals surface area contributed by atoms with Crippen molar-refractivity contribution in [2.75, 3.05) is 5.73 Å². The number of benzene rings is 3. The van der Waals surface area contributed by atoms with E-state index in [0.717, 1.165) is 16.3 Å². The molecule has 10 nitrogen and oxygen atoms in total. The number of hydrogen-bond donors (Lipinski definition) is 2. The molecule has 5 rings (SSSR count). The van der Waals surface area contributed by atoms with Crippen LogP contribution >= 0.6 is 23.2 Å². The molecule has 0 aliphatic carbocycles. The molecular weight excluding hydrogens is 491 g/mol. The van der Waals surface area contributed by atoms with Gasteiger partial charge in [0.05, 0.1) is 15.8 Å². The summed E-state index contributed by atoms with van der Waals surface area (Å²) in [5.41, 5.74) is 10.5. The summed E-state index contributed by atoms with van der Waals surface area (Å²) in [5, 5.41) is 22.4. The fraction of sp³-hybridized carbons (Fsp3) is 0.0435. The van der Waals surface area contributed by atoms with Crippen LogP contribution in [-0.4, -0.2) is 36.9 Å². The van der Waals surface area contributed by atoms with Crippen LogP contribution in [0.2, 0.25) is 10.0 Å². The third kappa shape index (κ3) is 4.32. The number of nitrogens with one attached hydrogen (secondary N) is 1. The first kappa shape index (κ1) is 22.5. The third-order valence-corrected chi connectivity index (χ3v) is 6.01. The molecule has 2 heterocycles. The largest absolute Gasteiger partial charge is 0.378 e. The zero-order chi connectivity index (χ0) is 24.5. The van der Waals surface area contributed by atoms with Gasteiger partial charge in [-0.2, -0.15) is 9.78 Å². The van der Waals surface area contributed by atoms with Gasteiger partial charge in [0.15, 0.2) is 5.69 Å². The highest BCUT2D eigenvalue weighted by Gasteiger charge is 2.25. The number of carbonyl (C=O) groups excluding carboxylic acids is 1. The van der Waals surface area contributed by atoms with Crippen molar-refractivity contribution < 1.29 is 9.42 Å². The first-order valence-electron chi connectivity index (χ1n) is 10.3. The molecule has 0 radical (unpaired) electrons. The van der Waals surface area contributed by atoms with Crippen LogP contribution in [0.25, 0.3) is 27.8 Å². The van der Waals surface area contributed by atoms with Crippen LogP contribution < -0.4 is 11.2 Å². The SMILES string of the molecule is C/C(=N/NC(=O)c1nnn(-c2nonc2N)c1-c1ccc(Cl)c(Cl)c1)c1ccc2ccccc2c1. The smallest absolute Gasteiger partial charge is 0.294 e. The van der Waals surface area contributed by atoms with Crippen molar-refractivity contribution in [2.24, 2.45) is 5.10 Å². The fourth-order valence-corrected chi connectivity index (χ4v) is 3.79. The summed E-state index contributed by atoms with van der Waals surface area (Å²) in [6, 6.07) is 18.7. The molecule has 3 aromatic carbocycles. The van der Waals surface area contributed by atoms with Crippen molar-refractivity contribution in [3.8, 4) is 17.1 Å². The highest BCUT2D eigenvalue weighted by Crippen LogP contribution is 2.31. The quantitative estimate of drug-likeness (QED) is 0.264. The molecule has 35 heavy (non-hydrogen) atoms. The second-order valence-electron chi connectivity index (χ2n) is 7.50. The van der Waals surface area contributed by atoms with E-state index in [4.69, 9.17) is 28.9 Å². The van der Waals surface area contributed by atoms with Gasteiger partial charge in [0.25, 0.3) is 5.91 Å². The van der Waals surface area contributed by atoms with Crippen molar-refractivity contribution in [1.82, 2.24) is 30.7 Å². The number of rotatable bonds is 5. The number of nitrogens with zero attached hydrogens (tertiary/aromatic N) is 6. The second kappa shape index (κ2) is 9.16.